The summed E-state index contributed by atoms with van der Waals surface area (Å²) in [7, 11) is 1.40. The number of hydrogen-bond acceptors (Lipinski definition) is 3. The summed E-state index contributed by atoms with van der Waals surface area (Å²) in [5, 5.41) is 0. The number of carbonyl (C=O) groups excluding carboxylic acids is 1. The normalized spacial score (nSPS) is 10.1. The smallest absolute Gasteiger partial charge is 0.319 e. The van der Waals surface area contributed by atoms with Crippen molar-refractivity contribution in [2.24, 2.45) is 0 Å². The van der Waals surface area contributed by atoms with Gasteiger partial charge in [0, 0.05) is 13.1 Å². The van der Waals surface area contributed by atoms with Crippen molar-refractivity contribution < 1.29 is 9.53 Å². The highest BCUT2D eigenvalue weighted by Gasteiger charge is 2.09. The number of hydrogen-bond donors (Lipinski definition) is 0. The number of carbonyl (C=O) groups is 1. The van der Waals surface area contributed by atoms with Gasteiger partial charge in [-0.15, -0.1) is 6.58 Å². The van der Waals surface area contributed by atoms with Crippen LogP contribution >= 0.6 is 0 Å². The fraction of sp³-hybridized carbons (Fsp3) is 0.308. The molecule has 0 N–H and O–H groups in total. The van der Waals surface area contributed by atoms with Crippen molar-refractivity contribution in [3.63, 3.8) is 0 Å². The molecule has 3 heteroatoms. The lowest BCUT2D eigenvalue weighted by atomic mass is 10.2. The van der Waals surface area contributed by atoms with E-state index in [1.165, 1.54) is 12.7 Å². The summed E-state index contributed by atoms with van der Waals surface area (Å²) in [4.78, 5) is 13.2. The molecule has 0 aliphatic rings. The van der Waals surface area contributed by atoms with Crippen LogP contribution in [0.25, 0.3) is 0 Å². The van der Waals surface area contributed by atoms with Gasteiger partial charge in [-0.05, 0) is 5.56 Å². The van der Waals surface area contributed by atoms with Gasteiger partial charge in [-0.3, -0.25) is 9.69 Å². The van der Waals surface area contributed by atoms with Crippen LogP contribution in [-0.2, 0) is 16.1 Å². The van der Waals surface area contributed by atoms with Crippen LogP contribution < -0.4 is 0 Å². The van der Waals surface area contributed by atoms with Crippen molar-refractivity contribution in [2.45, 2.75) is 6.54 Å². The monoisotopic (exact) mass is 219 g/mol. The van der Waals surface area contributed by atoms with Crippen molar-refractivity contribution in [3.05, 3.63) is 48.6 Å². The van der Waals surface area contributed by atoms with E-state index in [2.05, 4.69) is 11.3 Å². The molecule has 0 atom stereocenters. The first-order valence-corrected chi connectivity index (χ1v) is 5.20. The van der Waals surface area contributed by atoms with E-state index in [0.29, 0.717) is 6.54 Å². The van der Waals surface area contributed by atoms with Gasteiger partial charge < -0.3 is 4.74 Å². The molecular weight excluding hydrogens is 202 g/mol. The standard InChI is InChI=1S/C13H17NO2/c1-3-9-14(11-13(15)16-2)10-12-7-5-4-6-8-12/h3-8H,1,9-11H2,2H3. The number of ether oxygens (including phenoxy) is 1. The third-order valence-corrected chi connectivity index (χ3v) is 2.22. The molecule has 0 radical (unpaired) electrons. The first-order valence-electron chi connectivity index (χ1n) is 5.20. The number of esters is 1. The first kappa shape index (κ1) is 12.5. The molecule has 0 spiro atoms. The molecule has 1 aromatic rings. The van der Waals surface area contributed by atoms with Crippen LogP contribution in [0.5, 0.6) is 0 Å². The third kappa shape index (κ3) is 4.28. The average Bonchev–Trinajstić information content (AvgIpc) is 2.30. The molecule has 0 fully saturated rings. The lowest BCUT2D eigenvalue weighted by molar-refractivity contribution is -0.141. The number of nitrogens with zero attached hydrogens (tertiary/aromatic N) is 1. The highest BCUT2D eigenvalue weighted by molar-refractivity contribution is 5.71. The lowest BCUT2D eigenvalue weighted by Gasteiger charge is -2.19. The van der Waals surface area contributed by atoms with Crippen LogP contribution in [0, 0.1) is 0 Å². The van der Waals surface area contributed by atoms with Crippen molar-refractivity contribution in [1.29, 1.82) is 0 Å². The summed E-state index contributed by atoms with van der Waals surface area (Å²) in [5.74, 6) is -0.224. The van der Waals surface area contributed by atoms with E-state index in [-0.39, 0.29) is 12.5 Å². The Labute approximate surface area is 96.3 Å². The van der Waals surface area contributed by atoms with Gasteiger partial charge in [-0.1, -0.05) is 36.4 Å². The lowest BCUT2D eigenvalue weighted by Crippen LogP contribution is -2.30. The quantitative estimate of drug-likeness (QED) is 0.540. The summed E-state index contributed by atoms with van der Waals surface area (Å²) in [6.07, 6.45) is 1.78. The third-order valence-electron chi connectivity index (χ3n) is 2.22. The summed E-state index contributed by atoms with van der Waals surface area (Å²) in [5.41, 5.74) is 1.17. The number of methoxy groups -OCH3 is 1. The molecule has 0 aliphatic heterocycles. The Bertz CT molecular complexity index is 335. The average molecular weight is 219 g/mol. The minimum Gasteiger partial charge on any atom is -0.468 e. The Hall–Kier alpha value is -1.61. The predicted molar refractivity (Wildman–Crippen MR) is 63.9 cm³/mol. The van der Waals surface area contributed by atoms with Crippen molar-refractivity contribution in [1.82, 2.24) is 4.90 Å². The van der Waals surface area contributed by atoms with E-state index in [1.807, 2.05) is 35.2 Å². The Balaban J connectivity index is 2.57. The summed E-state index contributed by atoms with van der Waals surface area (Å²) < 4.78 is 4.65. The molecule has 3 nitrogen and oxygen atoms in total. The van der Waals surface area contributed by atoms with Gasteiger partial charge in [0.25, 0.3) is 0 Å². The largest absolute Gasteiger partial charge is 0.468 e. The molecule has 0 saturated heterocycles. The Morgan fingerprint density at radius 3 is 2.69 bits per heavy atom. The second-order valence-corrected chi connectivity index (χ2v) is 3.52. The highest BCUT2D eigenvalue weighted by Crippen LogP contribution is 2.04. The molecule has 16 heavy (non-hydrogen) atoms. The van der Waals surface area contributed by atoms with Gasteiger partial charge in [0.05, 0.1) is 13.7 Å². The van der Waals surface area contributed by atoms with Crippen molar-refractivity contribution >= 4 is 5.97 Å². The van der Waals surface area contributed by atoms with E-state index in [9.17, 15) is 4.79 Å². The summed E-state index contributed by atoms with van der Waals surface area (Å²) >= 11 is 0. The minimum absolute atomic E-state index is 0.224. The molecular formula is C13H17NO2. The van der Waals surface area contributed by atoms with Gasteiger partial charge in [-0.2, -0.15) is 0 Å². The fourth-order valence-electron chi connectivity index (χ4n) is 1.46. The zero-order valence-corrected chi connectivity index (χ0v) is 9.56. The van der Waals surface area contributed by atoms with Gasteiger partial charge in [0.1, 0.15) is 0 Å². The van der Waals surface area contributed by atoms with Gasteiger partial charge in [0.2, 0.25) is 0 Å². The van der Waals surface area contributed by atoms with E-state index < -0.39 is 0 Å². The molecule has 0 unspecified atom stereocenters. The van der Waals surface area contributed by atoms with Crippen LogP contribution in [-0.4, -0.2) is 31.1 Å². The fourth-order valence-corrected chi connectivity index (χ4v) is 1.46. The predicted octanol–water partition coefficient (Wildman–Crippen LogP) is 1.85. The summed E-state index contributed by atoms with van der Waals surface area (Å²) in [6, 6.07) is 10.0. The van der Waals surface area contributed by atoms with E-state index in [1.54, 1.807) is 6.08 Å². The van der Waals surface area contributed by atoms with E-state index in [4.69, 9.17) is 0 Å². The molecule has 0 aliphatic carbocycles. The minimum atomic E-state index is -0.224. The zero-order valence-electron chi connectivity index (χ0n) is 9.56. The van der Waals surface area contributed by atoms with Crippen LogP contribution in [0.15, 0.2) is 43.0 Å². The van der Waals surface area contributed by atoms with Gasteiger partial charge >= 0.3 is 5.97 Å². The van der Waals surface area contributed by atoms with Crippen molar-refractivity contribution in [2.75, 3.05) is 20.2 Å². The molecule has 0 saturated carbocycles. The maximum atomic E-state index is 11.2. The molecule has 0 amide bonds. The van der Waals surface area contributed by atoms with Crippen LogP contribution in [0.3, 0.4) is 0 Å². The Kier molecular flexibility index (Phi) is 5.29. The molecule has 0 heterocycles. The van der Waals surface area contributed by atoms with Crippen LogP contribution in [0.2, 0.25) is 0 Å². The zero-order chi connectivity index (χ0) is 11.8. The molecule has 0 aromatic heterocycles. The Morgan fingerprint density at radius 2 is 2.12 bits per heavy atom. The summed E-state index contributed by atoms with van der Waals surface area (Å²) in [6.45, 7) is 5.37. The maximum absolute atomic E-state index is 11.2. The maximum Gasteiger partial charge on any atom is 0.319 e. The number of rotatable bonds is 6. The molecule has 86 valence electrons. The van der Waals surface area contributed by atoms with Crippen LogP contribution in [0.1, 0.15) is 5.56 Å². The second kappa shape index (κ2) is 6.80. The number of benzene rings is 1. The van der Waals surface area contributed by atoms with Gasteiger partial charge in [-0.25, -0.2) is 0 Å². The van der Waals surface area contributed by atoms with Crippen LogP contribution in [0.4, 0.5) is 0 Å². The highest BCUT2D eigenvalue weighted by atomic mass is 16.5. The first-order chi connectivity index (χ1) is 7.76. The van der Waals surface area contributed by atoms with Gasteiger partial charge in [0.15, 0.2) is 0 Å². The van der Waals surface area contributed by atoms with E-state index in [0.717, 1.165) is 6.54 Å². The SMILES string of the molecule is C=CCN(CC(=O)OC)Cc1ccccc1. The van der Waals surface area contributed by atoms with Crippen molar-refractivity contribution in [3.8, 4) is 0 Å². The topological polar surface area (TPSA) is 29.5 Å². The Morgan fingerprint density at radius 1 is 1.44 bits per heavy atom. The second-order valence-electron chi connectivity index (χ2n) is 3.52. The molecule has 1 aromatic carbocycles. The molecule has 0 bridgehead atoms. The van der Waals surface area contributed by atoms with E-state index >= 15 is 0 Å². The molecule has 1 rings (SSSR count).